The standard InChI is InChI=1S/C15H21N3O/c1-19-15-7-3-2-5-13(15)11-18-10-4-6-14(12-18)17-9-8-16/h2-3,5,7,14,17H,4,6,9-12H2,1H3. The highest BCUT2D eigenvalue weighted by Crippen LogP contribution is 2.21. The van der Waals surface area contributed by atoms with Crippen LogP contribution in [-0.2, 0) is 6.54 Å². The third kappa shape index (κ3) is 3.95. The molecule has 1 aromatic rings. The fourth-order valence-electron chi connectivity index (χ4n) is 2.63. The molecule has 1 aliphatic heterocycles. The maximum absolute atomic E-state index is 8.62. The molecular weight excluding hydrogens is 238 g/mol. The number of rotatable bonds is 5. The summed E-state index contributed by atoms with van der Waals surface area (Å²) in [5.74, 6) is 0.953. The minimum Gasteiger partial charge on any atom is -0.496 e. The summed E-state index contributed by atoms with van der Waals surface area (Å²) in [5, 5.41) is 11.9. The Kier molecular flexibility index (Phi) is 5.20. The van der Waals surface area contributed by atoms with E-state index in [-0.39, 0.29) is 0 Å². The second-order valence-electron chi connectivity index (χ2n) is 4.93. The normalized spacial score (nSPS) is 19.9. The molecule has 1 unspecified atom stereocenters. The van der Waals surface area contributed by atoms with Crippen LogP contribution >= 0.6 is 0 Å². The molecule has 1 atom stereocenters. The SMILES string of the molecule is COc1ccccc1CN1CCCC(NCC#N)C1. The average Bonchev–Trinajstić information content (AvgIpc) is 2.46. The Morgan fingerprint density at radius 2 is 2.32 bits per heavy atom. The lowest BCUT2D eigenvalue weighted by molar-refractivity contribution is 0.184. The van der Waals surface area contributed by atoms with E-state index in [4.69, 9.17) is 10.00 Å². The first-order valence-corrected chi connectivity index (χ1v) is 6.78. The molecule has 1 aliphatic rings. The van der Waals surface area contributed by atoms with Gasteiger partial charge in [0.2, 0.25) is 0 Å². The van der Waals surface area contributed by atoms with Gasteiger partial charge in [0.15, 0.2) is 0 Å². The number of para-hydroxylation sites is 1. The van der Waals surface area contributed by atoms with Crippen molar-refractivity contribution in [3.63, 3.8) is 0 Å². The fourth-order valence-corrected chi connectivity index (χ4v) is 2.63. The molecule has 2 rings (SSSR count). The predicted molar refractivity (Wildman–Crippen MR) is 74.9 cm³/mol. The largest absolute Gasteiger partial charge is 0.496 e. The second-order valence-corrected chi connectivity index (χ2v) is 4.93. The molecule has 1 saturated heterocycles. The molecule has 0 bridgehead atoms. The summed E-state index contributed by atoms with van der Waals surface area (Å²) < 4.78 is 5.39. The van der Waals surface area contributed by atoms with E-state index in [1.165, 1.54) is 12.0 Å². The Bertz CT molecular complexity index is 441. The molecule has 1 N–H and O–H groups in total. The zero-order valence-electron chi connectivity index (χ0n) is 11.4. The zero-order valence-corrected chi connectivity index (χ0v) is 11.4. The van der Waals surface area contributed by atoms with Crippen LogP contribution in [0.25, 0.3) is 0 Å². The van der Waals surface area contributed by atoms with E-state index in [2.05, 4.69) is 22.4 Å². The van der Waals surface area contributed by atoms with E-state index in [0.29, 0.717) is 12.6 Å². The number of hydrogen-bond donors (Lipinski definition) is 1. The van der Waals surface area contributed by atoms with E-state index in [9.17, 15) is 0 Å². The molecule has 1 fully saturated rings. The zero-order chi connectivity index (χ0) is 13.5. The van der Waals surface area contributed by atoms with Crippen LogP contribution < -0.4 is 10.1 Å². The number of hydrogen-bond acceptors (Lipinski definition) is 4. The Morgan fingerprint density at radius 3 is 3.11 bits per heavy atom. The van der Waals surface area contributed by atoms with Crippen molar-refractivity contribution < 1.29 is 4.74 Å². The van der Waals surface area contributed by atoms with Gasteiger partial charge in [-0.25, -0.2) is 0 Å². The highest BCUT2D eigenvalue weighted by atomic mass is 16.5. The second kappa shape index (κ2) is 7.13. The Labute approximate surface area is 115 Å². The lowest BCUT2D eigenvalue weighted by Gasteiger charge is -2.33. The van der Waals surface area contributed by atoms with E-state index in [1.807, 2.05) is 18.2 Å². The van der Waals surface area contributed by atoms with Gasteiger partial charge < -0.3 is 10.1 Å². The highest BCUT2D eigenvalue weighted by molar-refractivity contribution is 5.33. The predicted octanol–water partition coefficient (Wildman–Crippen LogP) is 1.77. The Morgan fingerprint density at radius 1 is 1.47 bits per heavy atom. The fraction of sp³-hybridized carbons (Fsp3) is 0.533. The van der Waals surface area contributed by atoms with Crippen molar-refractivity contribution in [1.29, 1.82) is 5.26 Å². The van der Waals surface area contributed by atoms with Crippen molar-refractivity contribution in [2.24, 2.45) is 0 Å². The molecule has 4 nitrogen and oxygen atoms in total. The third-order valence-corrected chi connectivity index (χ3v) is 3.56. The summed E-state index contributed by atoms with van der Waals surface area (Å²) >= 11 is 0. The molecule has 0 amide bonds. The van der Waals surface area contributed by atoms with Gasteiger partial charge in [-0.1, -0.05) is 18.2 Å². The van der Waals surface area contributed by atoms with Crippen molar-refractivity contribution in [2.75, 3.05) is 26.7 Å². The van der Waals surface area contributed by atoms with Crippen LogP contribution in [-0.4, -0.2) is 37.7 Å². The minimum absolute atomic E-state index is 0.433. The van der Waals surface area contributed by atoms with Gasteiger partial charge in [0.1, 0.15) is 5.75 Å². The quantitative estimate of drug-likeness (QED) is 0.819. The molecule has 1 heterocycles. The first-order valence-electron chi connectivity index (χ1n) is 6.78. The average molecular weight is 259 g/mol. The van der Waals surface area contributed by atoms with Crippen LogP contribution in [0.4, 0.5) is 0 Å². The molecule has 102 valence electrons. The number of nitrogens with zero attached hydrogens (tertiary/aromatic N) is 2. The summed E-state index contributed by atoms with van der Waals surface area (Å²) in [6.45, 7) is 3.46. The van der Waals surface area contributed by atoms with Crippen LogP contribution in [0.3, 0.4) is 0 Å². The smallest absolute Gasteiger partial charge is 0.123 e. The first kappa shape index (κ1) is 13.9. The number of methoxy groups -OCH3 is 1. The van der Waals surface area contributed by atoms with Crippen LogP contribution in [0.15, 0.2) is 24.3 Å². The van der Waals surface area contributed by atoms with Gasteiger partial charge in [-0.3, -0.25) is 4.90 Å². The summed E-state index contributed by atoms with van der Waals surface area (Å²) in [4.78, 5) is 2.43. The van der Waals surface area contributed by atoms with Crippen molar-refractivity contribution in [2.45, 2.75) is 25.4 Å². The lowest BCUT2D eigenvalue weighted by atomic mass is 10.0. The summed E-state index contributed by atoms with van der Waals surface area (Å²) in [6, 6.07) is 10.7. The maximum Gasteiger partial charge on any atom is 0.123 e. The highest BCUT2D eigenvalue weighted by Gasteiger charge is 2.20. The van der Waals surface area contributed by atoms with Crippen LogP contribution in [0.5, 0.6) is 5.75 Å². The van der Waals surface area contributed by atoms with Crippen molar-refractivity contribution >= 4 is 0 Å². The summed E-state index contributed by atoms with van der Waals surface area (Å²) in [6.07, 6.45) is 2.34. The number of nitriles is 1. The lowest BCUT2D eigenvalue weighted by Crippen LogP contribution is -2.45. The Balaban J connectivity index is 1.93. The summed E-state index contributed by atoms with van der Waals surface area (Å²) in [5.41, 5.74) is 1.23. The van der Waals surface area contributed by atoms with Crippen molar-refractivity contribution in [1.82, 2.24) is 10.2 Å². The van der Waals surface area contributed by atoms with Crippen molar-refractivity contribution in [3.8, 4) is 11.8 Å². The molecule has 0 aromatic heterocycles. The molecule has 1 aromatic carbocycles. The third-order valence-electron chi connectivity index (χ3n) is 3.56. The van der Waals surface area contributed by atoms with Gasteiger partial charge in [0.05, 0.1) is 19.7 Å². The van der Waals surface area contributed by atoms with E-state index < -0.39 is 0 Å². The molecule has 0 saturated carbocycles. The molecule has 0 radical (unpaired) electrons. The molecular formula is C15H21N3O. The molecule has 19 heavy (non-hydrogen) atoms. The van der Waals surface area contributed by atoms with Crippen LogP contribution in [0.2, 0.25) is 0 Å². The van der Waals surface area contributed by atoms with E-state index in [0.717, 1.165) is 31.8 Å². The van der Waals surface area contributed by atoms with Crippen LogP contribution in [0, 0.1) is 11.3 Å². The molecule has 0 spiro atoms. The number of nitrogens with one attached hydrogen (secondary N) is 1. The van der Waals surface area contributed by atoms with Gasteiger partial charge in [-0.15, -0.1) is 0 Å². The number of piperidine rings is 1. The molecule has 0 aliphatic carbocycles. The monoisotopic (exact) mass is 259 g/mol. The number of likely N-dealkylation sites (tertiary alicyclic amines) is 1. The topological polar surface area (TPSA) is 48.3 Å². The summed E-state index contributed by atoms with van der Waals surface area (Å²) in [7, 11) is 1.71. The molecule has 4 heteroatoms. The van der Waals surface area contributed by atoms with E-state index >= 15 is 0 Å². The first-order chi connectivity index (χ1) is 9.33. The maximum atomic E-state index is 8.62. The van der Waals surface area contributed by atoms with Gasteiger partial charge in [0.25, 0.3) is 0 Å². The number of ether oxygens (including phenoxy) is 1. The number of benzene rings is 1. The van der Waals surface area contributed by atoms with Gasteiger partial charge in [-0.05, 0) is 25.5 Å². The van der Waals surface area contributed by atoms with Crippen molar-refractivity contribution in [3.05, 3.63) is 29.8 Å². The van der Waals surface area contributed by atoms with Gasteiger partial charge in [0, 0.05) is 24.7 Å². The van der Waals surface area contributed by atoms with E-state index in [1.54, 1.807) is 7.11 Å². The van der Waals surface area contributed by atoms with Gasteiger partial charge >= 0.3 is 0 Å². The minimum atomic E-state index is 0.433. The van der Waals surface area contributed by atoms with Crippen LogP contribution in [0.1, 0.15) is 18.4 Å². The van der Waals surface area contributed by atoms with Gasteiger partial charge in [-0.2, -0.15) is 5.26 Å². The Hall–Kier alpha value is -1.57.